The third-order valence-corrected chi connectivity index (χ3v) is 2.55. The van der Waals surface area contributed by atoms with Gasteiger partial charge in [-0.25, -0.2) is 4.98 Å². The Balaban J connectivity index is 3.31. The highest BCUT2D eigenvalue weighted by Crippen LogP contribution is 2.35. The summed E-state index contributed by atoms with van der Waals surface area (Å²) in [5, 5.41) is 8.68. The Bertz CT molecular complexity index is 464. The maximum atomic E-state index is 12.2. The summed E-state index contributed by atoms with van der Waals surface area (Å²) in [7, 11) is 1.18. The quantitative estimate of drug-likeness (QED) is 0.816. The van der Waals surface area contributed by atoms with Crippen molar-refractivity contribution in [1.82, 2.24) is 4.98 Å². The summed E-state index contributed by atoms with van der Waals surface area (Å²) in [4.78, 5) is 14.3. The molecule has 0 spiro atoms. The lowest BCUT2D eigenvalue weighted by atomic mass is 10.2. The van der Waals surface area contributed by atoms with Crippen molar-refractivity contribution in [3.05, 3.63) is 15.3 Å². The van der Waals surface area contributed by atoms with Crippen LogP contribution in [0.25, 0.3) is 0 Å². The van der Waals surface area contributed by atoms with Crippen LogP contribution in [0.15, 0.2) is 6.20 Å². The molecule has 0 bridgehead atoms. The van der Waals surface area contributed by atoms with Crippen LogP contribution < -0.4 is 9.47 Å². The van der Waals surface area contributed by atoms with E-state index in [9.17, 15) is 18.0 Å². The molecule has 1 heterocycles. The minimum Gasteiger partial charge on any atom is -0.481 e. The Morgan fingerprint density at radius 2 is 2.17 bits per heavy atom. The van der Waals surface area contributed by atoms with Gasteiger partial charge in [0.05, 0.1) is 22.7 Å². The minimum atomic E-state index is -4.92. The van der Waals surface area contributed by atoms with Crippen molar-refractivity contribution in [3.63, 3.8) is 0 Å². The second-order valence-electron chi connectivity index (χ2n) is 3.04. The van der Waals surface area contributed by atoms with Gasteiger partial charge < -0.3 is 14.6 Å². The monoisotopic (exact) mass is 377 g/mol. The Morgan fingerprint density at radius 1 is 1.56 bits per heavy atom. The molecule has 1 aromatic heterocycles. The van der Waals surface area contributed by atoms with Gasteiger partial charge in [0.1, 0.15) is 0 Å². The normalized spacial score (nSPS) is 11.2. The van der Waals surface area contributed by atoms with Crippen molar-refractivity contribution >= 4 is 28.6 Å². The molecule has 0 fully saturated rings. The number of hydrogen-bond acceptors (Lipinski definition) is 4. The number of aromatic nitrogens is 1. The lowest BCUT2D eigenvalue weighted by Gasteiger charge is -2.15. The number of alkyl halides is 3. The third kappa shape index (κ3) is 3.89. The number of hydrogen-bond donors (Lipinski definition) is 1. The Morgan fingerprint density at radius 3 is 2.61 bits per heavy atom. The van der Waals surface area contributed by atoms with E-state index in [1.807, 2.05) is 0 Å². The van der Waals surface area contributed by atoms with Crippen LogP contribution in [0.2, 0.25) is 0 Å². The second-order valence-corrected chi connectivity index (χ2v) is 4.20. The van der Waals surface area contributed by atoms with E-state index in [0.717, 1.165) is 6.20 Å². The number of ether oxygens (including phenoxy) is 2. The van der Waals surface area contributed by atoms with Gasteiger partial charge in [0.25, 0.3) is 0 Å². The summed E-state index contributed by atoms with van der Waals surface area (Å²) in [6.07, 6.45) is -4.50. The largest absolute Gasteiger partial charge is 0.573 e. The predicted molar refractivity (Wildman–Crippen MR) is 61.5 cm³/mol. The second kappa shape index (κ2) is 5.59. The molecule has 0 unspecified atom stereocenters. The zero-order valence-corrected chi connectivity index (χ0v) is 11.1. The molecule has 100 valence electrons. The molecular weight excluding hydrogens is 370 g/mol. The van der Waals surface area contributed by atoms with Gasteiger partial charge in [-0.05, 0) is 22.6 Å². The topological polar surface area (TPSA) is 68.7 Å². The van der Waals surface area contributed by atoms with Crippen LogP contribution in [-0.2, 0) is 11.2 Å². The number of nitrogens with zero attached hydrogens (tertiary/aromatic N) is 1. The molecule has 0 amide bonds. The molecule has 0 saturated heterocycles. The molecule has 0 aliphatic carbocycles. The fraction of sp³-hybridized carbons (Fsp3) is 0.333. The first-order valence-electron chi connectivity index (χ1n) is 4.43. The van der Waals surface area contributed by atoms with E-state index in [1.54, 1.807) is 22.6 Å². The summed E-state index contributed by atoms with van der Waals surface area (Å²) in [6.45, 7) is 0. The van der Waals surface area contributed by atoms with Crippen molar-refractivity contribution in [2.24, 2.45) is 0 Å². The van der Waals surface area contributed by atoms with Crippen molar-refractivity contribution in [3.8, 4) is 11.6 Å². The number of carbonyl (C=O) groups is 1. The number of rotatable bonds is 4. The van der Waals surface area contributed by atoms with Crippen LogP contribution in [0, 0.1) is 3.57 Å². The first-order chi connectivity index (χ1) is 8.24. The molecule has 18 heavy (non-hydrogen) atoms. The molecular formula is C9H7F3INO4. The fourth-order valence-corrected chi connectivity index (χ4v) is 1.78. The van der Waals surface area contributed by atoms with Crippen LogP contribution in [0.5, 0.6) is 11.6 Å². The molecule has 9 heteroatoms. The minimum absolute atomic E-state index is 0.0435. The van der Waals surface area contributed by atoms with Gasteiger partial charge in [0, 0.05) is 6.20 Å². The summed E-state index contributed by atoms with van der Waals surface area (Å²) in [6, 6.07) is 0. The van der Waals surface area contributed by atoms with Gasteiger partial charge in [0.15, 0.2) is 5.75 Å². The summed E-state index contributed by atoms with van der Waals surface area (Å²) in [5.74, 6) is -2.13. The molecule has 1 aromatic rings. The number of halogens is 4. The standard InChI is InChI=1S/C9H7F3INO4/c1-17-8-4(2-6(15)16)7(5(13)3-14-8)18-9(10,11)12/h3H,2H2,1H3,(H,15,16). The van der Waals surface area contributed by atoms with Crippen molar-refractivity contribution < 1.29 is 32.5 Å². The first kappa shape index (κ1) is 14.8. The molecule has 0 saturated carbocycles. The van der Waals surface area contributed by atoms with E-state index in [0.29, 0.717) is 0 Å². The Kier molecular flexibility index (Phi) is 4.59. The highest BCUT2D eigenvalue weighted by molar-refractivity contribution is 14.1. The van der Waals surface area contributed by atoms with Crippen LogP contribution in [-0.4, -0.2) is 29.5 Å². The van der Waals surface area contributed by atoms with Gasteiger partial charge in [-0.3, -0.25) is 4.79 Å². The van der Waals surface area contributed by atoms with Gasteiger partial charge in [0.2, 0.25) is 5.88 Å². The van der Waals surface area contributed by atoms with Crippen LogP contribution in [0.3, 0.4) is 0 Å². The van der Waals surface area contributed by atoms with Crippen molar-refractivity contribution in [2.45, 2.75) is 12.8 Å². The molecule has 0 aliphatic rings. The number of carboxylic acids is 1. The lowest BCUT2D eigenvalue weighted by molar-refractivity contribution is -0.275. The number of aliphatic carboxylic acids is 1. The third-order valence-electron chi connectivity index (χ3n) is 1.78. The van der Waals surface area contributed by atoms with Crippen LogP contribution in [0.1, 0.15) is 5.56 Å². The predicted octanol–water partition coefficient (Wildman–Crippen LogP) is 2.22. The van der Waals surface area contributed by atoms with Gasteiger partial charge >= 0.3 is 12.3 Å². The molecule has 5 nitrogen and oxygen atoms in total. The SMILES string of the molecule is COc1ncc(I)c(OC(F)(F)F)c1CC(=O)O. The van der Waals surface area contributed by atoms with E-state index in [-0.39, 0.29) is 15.0 Å². The molecule has 1 N–H and O–H groups in total. The van der Waals surface area contributed by atoms with Crippen LogP contribution in [0.4, 0.5) is 13.2 Å². The zero-order valence-electron chi connectivity index (χ0n) is 8.92. The zero-order chi connectivity index (χ0) is 13.9. The molecule has 0 aromatic carbocycles. The van der Waals surface area contributed by atoms with Gasteiger partial charge in [-0.1, -0.05) is 0 Å². The molecule has 0 atom stereocenters. The highest BCUT2D eigenvalue weighted by atomic mass is 127. The highest BCUT2D eigenvalue weighted by Gasteiger charge is 2.34. The molecule has 0 aliphatic heterocycles. The molecule has 1 rings (SSSR count). The van der Waals surface area contributed by atoms with E-state index < -0.39 is 24.5 Å². The van der Waals surface area contributed by atoms with Gasteiger partial charge in [-0.15, -0.1) is 13.2 Å². The number of pyridine rings is 1. The maximum Gasteiger partial charge on any atom is 0.573 e. The Labute approximate surface area is 113 Å². The van der Waals surface area contributed by atoms with E-state index in [1.165, 1.54) is 7.11 Å². The maximum absolute atomic E-state index is 12.2. The van der Waals surface area contributed by atoms with E-state index >= 15 is 0 Å². The van der Waals surface area contributed by atoms with E-state index in [4.69, 9.17) is 9.84 Å². The van der Waals surface area contributed by atoms with Crippen molar-refractivity contribution in [2.75, 3.05) is 7.11 Å². The summed E-state index contributed by atoms with van der Waals surface area (Å²) >= 11 is 1.57. The Hall–Kier alpha value is -1.26. The number of methoxy groups -OCH3 is 1. The average Bonchev–Trinajstić information content (AvgIpc) is 2.21. The van der Waals surface area contributed by atoms with E-state index in [2.05, 4.69) is 9.72 Å². The molecule has 0 radical (unpaired) electrons. The van der Waals surface area contributed by atoms with Crippen LogP contribution >= 0.6 is 22.6 Å². The number of carboxylic acid groups (broad SMARTS) is 1. The average molecular weight is 377 g/mol. The van der Waals surface area contributed by atoms with Gasteiger partial charge in [-0.2, -0.15) is 0 Å². The first-order valence-corrected chi connectivity index (χ1v) is 5.51. The van der Waals surface area contributed by atoms with Crippen molar-refractivity contribution in [1.29, 1.82) is 0 Å². The lowest BCUT2D eigenvalue weighted by Crippen LogP contribution is -2.20. The fourth-order valence-electron chi connectivity index (χ4n) is 1.20. The smallest absolute Gasteiger partial charge is 0.481 e. The summed E-state index contributed by atoms with van der Waals surface area (Å²) in [5.41, 5.74) is -0.255. The summed E-state index contributed by atoms with van der Waals surface area (Å²) < 4.78 is 45.3.